The SMILES string of the molecule is C=CCCCN(C)C(=NCC1(C2CC2)CC1)NCC.I. The van der Waals surface area contributed by atoms with Gasteiger partial charge < -0.3 is 10.2 Å². The molecule has 20 heavy (non-hydrogen) atoms. The fourth-order valence-corrected chi connectivity index (χ4v) is 2.83. The Hall–Kier alpha value is -0.260. The largest absolute Gasteiger partial charge is 0.357 e. The Morgan fingerprint density at radius 2 is 2.15 bits per heavy atom. The molecule has 0 aromatic rings. The van der Waals surface area contributed by atoms with E-state index in [0.29, 0.717) is 5.41 Å². The fourth-order valence-electron chi connectivity index (χ4n) is 2.83. The summed E-state index contributed by atoms with van der Waals surface area (Å²) in [6, 6.07) is 0. The molecule has 0 amide bonds. The van der Waals surface area contributed by atoms with E-state index in [9.17, 15) is 0 Å². The summed E-state index contributed by atoms with van der Waals surface area (Å²) in [5, 5.41) is 3.42. The number of hydrogen-bond acceptors (Lipinski definition) is 1. The highest BCUT2D eigenvalue weighted by Gasteiger charge is 2.53. The number of unbranched alkanes of at least 4 members (excludes halogenated alkanes) is 1. The molecule has 3 nitrogen and oxygen atoms in total. The highest BCUT2D eigenvalue weighted by Crippen LogP contribution is 2.61. The lowest BCUT2D eigenvalue weighted by Crippen LogP contribution is -2.39. The van der Waals surface area contributed by atoms with Crippen LogP contribution in [0.2, 0.25) is 0 Å². The fraction of sp³-hybridized carbons (Fsp3) is 0.812. The predicted molar refractivity (Wildman–Crippen MR) is 97.8 cm³/mol. The van der Waals surface area contributed by atoms with Crippen LogP contribution < -0.4 is 5.32 Å². The minimum Gasteiger partial charge on any atom is -0.357 e. The quantitative estimate of drug-likeness (QED) is 0.225. The first kappa shape index (κ1) is 17.8. The Morgan fingerprint density at radius 3 is 2.65 bits per heavy atom. The molecule has 0 saturated heterocycles. The van der Waals surface area contributed by atoms with Crippen LogP contribution in [0.25, 0.3) is 0 Å². The topological polar surface area (TPSA) is 27.6 Å². The summed E-state index contributed by atoms with van der Waals surface area (Å²) in [5.41, 5.74) is 0.600. The molecule has 2 rings (SSSR count). The molecule has 2 fully saturated rings. The molecule has 0 bridgehead atoms. The van der Waals surface area contributed by atoms with Crippen molar-refractivity contribution in [2.24, 2.45) is 16.3 Å². The van der Waals surface area contributed by atoms with Crippen molar-refractivity contribution in [3.8, 4) is 0 Å². The third kappa shape index (κ3) is 4.93. The summed E-state index contributed by atoms with van der Waals surface area (Å²) in [7, 11) is 2.14. The van der Waals surface area contributed by atoms with Crippen molar-refractivity contribution in [1.82, 2.24) is 10.2 Å². The Morgan fingerprint density at radius 1 is 1.45 bits per heavy atom. The third-order valence-corrected chi connectivity index (χ3v) is 4.48. The molecule has 0 atom stereocenters. The highest BCUT2D eigenvalue weighted by molar-refractivity contribution is 14.0. The molecular formula is C16H30IN3. The summed E-state index contributed by atoms with van der Waals surface area (Å²) < 4.78 is 0. The first-order chi connectivity index (χ1) is 9.22. The number of guanidine groups is 1. The molecule has 2 aliphatic carbocycles. The molecule has 0 unspecified atom stereocenters. The molecule has 1 N–H and O–H groups in total. The van der Waals surface area contributed by atoms with Crippen molar-refractivity contribution in [3.63, 3.8) is 0 Å². The van der Waals surface area contributed by atoms with E-state index in [1.165, 1.54) is 25.7 Å². The van der Waals surface area contributed by atoms with E-state index in [-0.39, 0.29) is 24.0 Å². The van der Waals surface area contributed by atoms with Gasteiger partial charge in [-0.25, -0.2) is 0 Å². The molecule has 0 heterocycles. The molecule has 4 heteroatoms. The number of aliphatic imine (C=N–C) groups is 1. The van der Waals surface area contributed by atoms with Crippen molar-refractivity contribution in [2.75, 3.05) is 26.7 Å². The van der Waals surface area contributed by atoms with E-state index < -0.39 is 0 Å². The van der Waals surface area contributed by atoms with Crippen LogP contribution in [0.5, 0.6) is 0 Å². The monoisotopic (exact) mass is 391 g/mol. The van der Waals surface area contributed by atoms with Crippen molar-refractivity contribution in [2.45, 2.75) is 45.4 Å². The van der Waals surface area contributed by atoms with Gasteiger partial charge in [0.05, 0.1) is 0 Å². The van der Waals surface area contributed by atoms with Crippen molar-refractivity contribution in [1.29, 1.82) is 0 Å². The molecule has 2 aliphatic rings. The summed E-state index contributed by atoms with van der Waals surface area (Å²) in [4.78, 5) is 7.15. The Kier molecular flexibility index (Phi) is 7.34. The molecule has 0 spiro atoms. The van der Waals surface area contributed by atoms with Crippen LogP contribution in [0.1, 0.15) is 45.4 Å². The summed E-state index contributed by atoms with van der Waals surface area (Å²) >= 11 is 0. The maximum absolute atomic E-state index is 4.89. The summed E-state index contributed by atoms with van der Waals surface area (Å²) in [6.45, 7) is 8.95. The lowest BCUT2D eigenvalue weighted by Gasteiger charge is -2.23. The number of hydrogen-bond donors (Lipinski definition) is 1. The van der Waals surface area contributed by atoms with Gasteiger partial charge in [0.15, 0.2) is 5.96 Å². The number of nitrogens with zero attached hydrogens (tertiary/aromatic N) is 2. The van der Waals surface area contributed by atoms with Gasteiger partial charge in [-0.1, -0.05) is 6.08 Å². The van der Waals surface area contributed by atoms with E-state index in [1.807, 2.05) is 6.08 Å². The average Bonchev–Trinajstić information content (AvgIpc) is 3.27. The number of allylic oxidation sites excluding steroid dienone is 1. The molecular weight excluding hydrogens is 361 g/mol. The van der Waals surface area contributed by atoms with Crippen molar-refractivity contribution in [3.05, 3.63) is 12.7 Å². The standard InChI is InChI=1S/C16H29N3.HI/c1-4-6-7-12-19(3)15(17-5-2)18-13-16(10-11-16)14-8-9-14;/h4,14H,1,5-13H2,2-3H3,(H,17,18);1H. The number of rotatable bonds is 8. The Balaban J connectivity index is 0.00000200. The zero-order valence-electron chi connectivity index (χ0n) is 13.0. The molecule has 0 radical (unpaired) electrons. The van der Waals surface area contributed by atoms with Crippen LogP contribution in [0.15, 0.2) is 17.6 Å². The second-order valence-corrected chi connectivity index (χ2v) is 6.16. The zero-order chi connectivity index (χ0) is 13.7. The van der Waals surface area contributed by atoms with Gasteiger partial charge in [0.1, 0.15) is 0 Å². The van der Waals surface area contributed by atoms with E-state index >= 15 is 0 Å². The summed E-state index contributed by atoms with van der Waals surface area (Å²) in [5.74, 6) is 2.07. The van der Waals surface area contributed by atoms with Gasteiger partial charge in [-0.2, -0.15) is 0 Å². The molecule has 0 aromatic carbocycles. The van der Waals surface area contributed by atoms with E-state index in [0.717, 1.165) is 44.4 Å². The second-order valence-electron chi connectivity index (χ2n) is 6.16. The van der Waals surface area contributed by atoms with Crippen LogP contribution in [0, 0.1) is 11.3 Å². The smallest absolute Gasteiger partial charge is 0.193 e. The molecule has 0 aromatic heterocycles. The van der Waals surface area contributed by atoms with Crippen LogP contribution in [-0.4, -0.2) is 37.5 Å². The Bertz CT molecular complexity index is 333. The van der Waals surface area contributed by atoms with Gasteiger partial charge in [-0.05, 0) is 56.8 Å². The molecule has 116 valence electrons. The van der Waals surface area contributed by atoms with Gasteiger partial charge in [0, 0.05) is 26.7 Å². The van der Waals surface area contributed by atoms with Gasteiger partial charge in [-0.15, -0.1) is 30.6 Å². The average molecular weight is 391 g/mol. The first-order valence-electron chi connectivity index (χ1n) is 7.82. The summed E-state index contributed by atoms with van der Waals surface area (Å²) in [6.07, 6.45) is 9.92. The third-order valence-electron chi connectivity index (χ3n) is 4.48. The lowest BCUT2D eigenvalue weighted by molar-refractivity contribution is 0.435. The minimum absolute atomic E-state index is 0. The van der Waals surface area contributed by atoms with E-state index in [1.54, 1.807) is 0 Å². The van der Waals surface area contributed by atoms with Crippen LogP contribution in [0.3, 0.4) is 0 Å². The maximum Gasteiger partial charge on any atom is 0.193 e. The van der Waals surface area contributed by atoms with E-state index in [4.69, 9.17) is 4.99 Å². The Labute approximate surface area is 141 Å². The maximum atomic E-state index is 4.89. The minimum atomic E-state index is 0. The molecule has 2 saturated carbocycles. The first-order valence-corrected chi connectivity index (χ1v) is 7.82. The van der Waals surface area contributed by atoms with Crippen LogP contribution in [0.4, 0.5) is 0 Å². The van der Waals surface area contributed by atoms with Gasteiger partial charge in [-0.3, -0.25) is 4.99 Å². The normalized spacial score (nSPS) is 20.0. The zero-order valence-corrected chi connectivity index (χ0v) is 15.4. The van der Waals surface area contributed by atoms with Gasteiger partial charge in [0.25, 0.3) is 0 Å². The number of nitrogens with one attached hydrogen (secondary N) is 1. The van der Waals surface area contributed by atoms with Crippen LogP contribution >= 0.6 is 24.0 Å². The van der Waals surface area contributed by atoms with Gasteiger partial charge in [0.2, 0.25) is 0 Å². The van der Waals surface area contributed by atoms with E-state index in [2.05, 4.69) is 30.8 Å². The lowest BCUT2D eigenvalue weighted by atomic mass is 10.0. The second kappa shape index (κ2) is 8.25. The molecule has 0 aliphatic heterocycles. The predicted octanol–water partition coefficient (Wildman–Crippen LogP) is 3.66. The van der Waals surface area contributed by atoms with Crippen LogP contribution in [-0.2, 0) is 0 Å². The highest BCUT2D eigenvalue weighted by atomic mass is 127. The van der Waals surface area contributed by atoms with Gasteiger partial charge >= 0.3 is 0 Å². The van der Waals surface area contributed by atoms with Crippen molar-refractivity contribution < 1.29 is 0 Å². The van der Waals surface area contributed by atoms with Crippen molar-refractivity contribution >= 4 is 29.9 Å². The number of halogens is 1.